The van der Waals surface area contributed by atoms with Gasteiger partial charge in [0.15, 0.2) is 5.13 Å². The van der Waals surface area contributed by atoms with Crippen LogP contribution >= 0.6 is 23.7 Å². The van der Waals surface area contributed by atoms with Crippen molar-refractivity contribution in [2.24, 2.45) is 0 Å². The minimum absolute atomic E-state index is 0. The number of thiazole rings is 1. The molecule has 1 fully saturated rings. The number of carbonyl (C=O) groups is 1. The second-order valence-electron chi connectivity index (χ2n) is 7.33. The number of rotatable bonds is 9. The maximum Gasteiger partial charge on any atom is 0.278 e. The Morgan fingerprint density at radius 1 is 1.25 bits per heavy atom. The highest BCUT2D eigenvalue weighted by Gasteiger charge is 2.25. The normalized spacial score (nSPS) is 14.3. The molecule has 3 heterocycles. The summed E-state index contributed by atoms with van der Waals surface area (Å²) in [7, 11) is 0. The predicted octanol–water partition coefficient (Wildman–Crippen LogP) is 3.70. The second kappa shape index (κ2) is 11.6. The molecule has 0 N–H and O–H groups in total. The van der Waals surface area contributed by atoms with Gasteiger partial charge in [0.05, 0.1) is 24.5 Å². The van der Waals surface area contributed by atoms with Gasteiger partial charge in [0, 0.05) is 38.9 Å². The highest BCUT2D eigenvalue weighted by molar-refractivity contribution is 7.22. The van der Waals surface area contributed by atoms with Crippen LogP contribution in [0.25, 0.3) is 10.2 Å². The fraction of sp³-hybridized carbons (Fsp3) is 0.500. The van der Waals surface area contributed by atoms with Gasteiger partial charge in [-0.15, -0.1) is 12.4 Å². The summed E-state index contributed by atoms with van der Waals surface area (Å²) >= 11 is 1.52. The highest BCUT2D eigenvalue weighted by atomic mass is 35.5. The lowest BCUT2D eigenvalue weighted by Gasteiger charge is -2.27. The lowest BCUT2D eigenvalue weighted by molar-refractivity contribution is 0.0376. The van der Waals surface area contributed by atoms with E-state index in [1.54, 1.807) is 21.8 Å². The van der Waals surface area contributed by atoms with E-state index in [0.29, 0.717) is 30.5 Å². The van der Waals surface area contributed by atoms with E-state index >= 15 is 0 Å². The molecular formula is C22H30ClN5O3S. The summed E-state index contributed by atoms with van der Waals surface area (Å²) < 4.78 is 13.9. The molecule has 1 aliphatic heterocycles. The molecule has 0 aliphatic carbocycles. The van der Waals surface area contributed by atoms with E-state index in [4.69, 9.17) is 14.5 Å². The molecular weight excluding hydrogens is 450 g/mol. The van der Waals surface area contributed by atoms with Gasteiger partial charge in [-0.3, -0.25) is 19.3 Å². The molecule has 0 spiro atoms. The molecule has 10 heteroatoms. The van der Waals surface area contributed by atoms with Crippen molar-refractivity contribution in [2.75, 3.05) is 50.9 Å². The summed E-state index contributed by atoms with van der Waals surface area (Å²) in [6, 6.07) is 7.68. The SMILES string of the molecule is CCOc1cccc2sc(N(CCCN3CCOCC3)C(=O)c3ccnn3CC)nc12.Cl. The van der Waals surface area contributed by atoms with Crippen molar-refractivity contribution in [1.82, 2.24) is 19.7 Å². The number of hydrogen-bond donors (Lipinski definition) is 0. The summed E-state index contributed by atoms with van der Waals surface area (Å²) in [5, 5.41) is 4.97. The Balaban J connectivity index is 0.00000289. The third-order valence-corrected chi connectivity index (χ3v) is 6.39. The molecule has 2 aromatic heterocycles. The van der Waals surface area contributed by atoms with Crippen molar-refractivity contribution in [1.29, 1.82) is 0 Å². The smallest absolute Gasteiger partial charge is 0.278 e. The molecule has 0 radical (unpaired) electrons. The van der Waals surface area contributed by atoms with Gasteiger partial charge in [0.2, 0.25) is 0 Å². The van der Waals surface area contributed by atoms with Crippen molar-refractivity contribution >= 4 is 45.0 Å². The van der Waals surface area contributed by atoms with Crippen LogP contribution in [0.1, 0.15) is 30.8 Å². The number of benzene rings is 1. The topological polar surface area (TPSA) is 72.7 Å². The molecule has 8 nitrogen and oxygen atoms in total. The van der Waals surface area contributed by atoms with E-state index < -0.39 is 0 Å². The molecule has 1 amide bonds. The number of carbonyl (C=O) groups excluding carboxylic acids is 1. The number of hydrogen-bond acceptors (Lipinski definition) is 7. The van der Waals surface area contributed by atoms with Crippen LogP contribution < -0.4 is 9.64 Å². The zero-order valence-corrected chi connectivity index (χ0v) is 20.2. The fourth-order valence-corrected chi connectivity index (χ4v) is 4.77. The molecule has 0 atom stereocenters. The number of morpholine rings is 1. The Morgan fingerprint density at radius 3 is 2.81 bits per heavy atom. The summed E-state index contributed by atoms with van der Waals surface area (Å²) in [4.78, 5) is 22.5. The van der Waals surface area contributed by atoms with E-state index in [0.717, 1.165) is 55.2 Å². The van der Waals surface area contributed by atoms with Gasteiger partial charge in [0.25, 0.3) is 5.91 Å². The Kier molecular flexibility index (Phi) is 8.86. The predicted molar refractivity (Wildman–Crippen MR) is 129 cm³/mol. The molecule has 174 valence electrons. The number of ether oxygens (including phenoxy) is 2. The summed E-state index contributed by atoms with van der Waals surface area (Å²) in [5.74, 6) is 0.681. The summed E-state index contributed by atoms with van der Waals surface area (Å²) in [5.41, 5.74) is 1.39. The molecule has 1 saturated heterocycles. The van der Waals surface area contributed by atoms with Crippen LogP contribution in [0.4, 0.5) is 5.13 Å². The lowest BCUT2D eigenvalue weighted by Crippen LogP contribution is -2.39. The van der Waals surface area contributed by atoms with Crippen LogP contribution in [0.15, 0.2) is 30.5 Å². The van der Waals surface area contributed by atoms with Gasteiger partial charge in [0.1, 0.15) is 17.0 Å². The molecule has 32 heavy (non-hydrogen) atoms. The number of para-hydroxylation sites is 1. The van der Waals surface area contributed by atoms with Gasteiger partial charge >= 0.3 is 0 Å². The van der Waals surface area contributed by atoms with Gasteiger partial charge in [-0.1, -0.05) is 17.4 Å². The lowest BCUT2D eigenvalue weighted by atomic mass is 10.3. The first-order valence-electron chi connectivity index (χ1n) is 10.9. The van der Waals surface area contributed by atoms with Crippen LogP contribution in [-0.4, -0.2) is 71.6 Å². The number of halogens is 1. The molecule has 4 rings (SSSR count). The number of nitrogens with zero attached hydrogens (tertiary/aromatic N) is 5. The third kappa shape index (κ3) is 5.40. The molecule has 0 unspecified atom stereocenters. The van der Waals surface area contributed by atoms with E-state index in [1.807, 2.05) is 32.0 Å². The van der Waals surface area contributed by atoms with E-state index in [1.165, 1.54) is 11.3 Å². The van der Waals surface area contributed by atoms with Gasteiger partial charge in [-0.05, 0) is 38.5 Å². The molecule has 1 aromatic carbocycles. The maximum absolute atomic E-state index is 13.5. The van der Waals surface area contributed by atoms with E-state index in [-0.39, 0.29) is 18.3 Å². The van der Waals surface area contributed by atoms with Crippen LogP contribution in [0.3, 0.4) is 0 Å². The Bertz CT molecular complexity index is 1020. The standard InChI is InChI=1S/C22H29N5O3S.ClH/c1-3-27-17(9-10-23-27)21(28)26(12-6-11-25-13-15-29-16-14-25)22-24-20-18(30-4-2)7-5-8-19(20)31-22;/h5,7-10H,3-4,6,11-16H2,1-2H3;1H. The van der Waals surface area contributed by atoms with Crippen molar-refractivity contribution in [3.05, 3.63) is 36.2 Å². The van der Waals surface area contributed by atoms with Crippen LogP contribution in [0.5, 0.6) is 5.75 Å². The zero-order chi connectivity index (χ0) is 21.6. The maximum atomic E-state index is 13.5. The monoisotopic (exact) mass is 479 g/mol. The fourth-order valence-electron chi connectivity index (χ4n) is 3.76. The number of aromatic nitrogens is 3. The van der Waals surface area contributed by atoms with E-state index in [2.05, 4.69) is 10.00 Å². The third-order valence-electron chi connectivity index (χ3n) is 5.34. The average molecular weight is 480 g/mol. The molecule has 0 saturated carbocycles. The van der Waals surface area contributed by atoms with Crippen LogP contribution in [0, 0.1) is 0 Å². The second-order valence-corrected chi connectivity index (χ2v) is 8.34. The first-order chi connectivity index (χ1) is 15.2. The average Bonchev–Trinajstić information content (AvgIpc) is 3.44. The van der Waals surface area contributed by atoms with Crippen LogP contribution in [0.2, 0.25) is 0 Å². The first kappa shape index (κ1) is 24.4. The van der Waals surface area contributed by atoms with Crippen molar-refractivity contribution in [3.8, 4) is 5.75 Å². The van der Waals surface area contributed by atoms with Crippen molar-refractivity contribution < 1.29 is 14.3 Å². The first-order valence-corrected chi connectivity index (χ1v) is 11.7. The number of anilines is 1. The molecule has 0 bridgehead atoms. The van der Waals surface area contributed by atoms with Crippen molar-refractivity contribution in [3.63, 3.8) is 0 Å². The van der Waals surface area contributed by atoms with Crippen LogP contribution in [-0.2, 0) is 11.3 Å². The highest BCUT2D eigenvalue weighted by Crippen LogP contribution is 2.35. The minimum atomic E-state index is -0.0710. The quantitative estimate of drug-likeness (QED) is 0.466. The largest absolute Gasteiger partial charge is 0.492 e. The Labute approximate surface area is 198 Å². The van der Waals surface area contributed by atoms with Gasteiger partial charge in [-0.25, -0.2) is 4.98 Å². The van der Waals surface area contributed by atoms with Gasteiger partial charge in [-0.2, -0.15) is 5.10 Å². The van der Waals surface area contributed by atoms with Crippen molar-refractivity contribution in [2.45, 2.75) is 26.8 Å². The number of fused-ring (bicyclic) bond motifs is 1. The Hall–Kier alpha value is -2.20. The summed E-state index contributed by atoms with van der Waals surface area (Å²) in [6.07, 6.45) is 2.54. The summed E-state index contributed by atoms with van der Waals surface area (Å²) in [6.45, 7) is 10.1. The molecule has 1 aliphatic rings. The van der Waals surface area contributed by atoms with Gasteiger partial charge < -0.3 is 9.47 Å². The number of aryl methyl sites for hydroxylation is 1. The Morgan fingerprint density at radius 2 is 2.06 bits per heavy atom. The molecule has 3 aromatic rings. The minimum Gasteiger partial charge on any atom is -0.492 e. The van der Waals surface area contributed by atoms with E-state index in [9.17, 15) is 4.79 Å². The zero-order valence-electron chi connectivity index (χ0n) is 18.5. The number of amides is 1.